The summed E-state index contributed by atoms with van der Waals surface area (Å²) < 4.78 is 12.8. The van der Waals surface area contributed by atoms with Crippen molar-refractivity contribution < 1.29 is 9.50 Å². The molecule has 0 atom stereocenters. The standard InChI is InChI=1S/C11H15FN2O/c12-10-1-9(6-14-7-10)5-13-4-8-2-11(15)3-8/h1,6-8,11,13,15H,2-5H2. The summed E-state index contributed by atoms with van der Waals surface area (Å²) in [6, 6.07) is 1.48. The first-order valence-corrected chi connectivity index (χ1v) is 5.22. The Hall–Kier alpha value is -1.00. The van der Waals surface area contributed by atoms with Gasteiger partial charge < -0.3 is 10.4 Å². The molecule has 2 N–H and O–H groups in total. The molecule has 2 rings (SSSR count). The van der Waals surface area contributed by atoms with Crippen molar-refractivity contribution in [3.63, 3.8) is 0 Å². The van der Waals surface area contributed by atoms with E-state index in [1.807, 2.05) is 0 Å². The fraction of sp³-hybridized carbons (Fsp3) is 0.545. The van der Waals surface area contributed by atoms with Crippen LogP contribution in [0.1, 0.15) is 18.4 Å². The summed E-state index contributed by atoms with van der Waals surface area (Å²) in [4.78, 5) is 3.77. The summed E-state index contributed by atoms with van der Waals surface area (Å²) in [5.41, 5.74) is 0.856. The van der Waals surface area contributed by atoms with E-state index in [2.05, 4.69) is 10.3 Å². The van der Waals surface area contributed by atoms with Crippen LogP contribution in [0.4, 0.5) is 4.39 Å². The molecule has 1 fully saturated rings. The molecule has 0 aromatic carbocycles. The minimum absolute atomic E-state index is 0.104. The van der Waals surface area contributed by atoms with Gasteiger partial charge in [-0.1, -0.05) is 0 Å². The molecule has 82 valence electrons. The number of nitrogens with zero attached hydrogens (tertiary/aromatic N) is 1. The Kier molecular flexibility index (Phi) is 3.28. The smallest absolute Gasteiger partial charge is 0.141 e. The van der Waals surface area contributed by atoms with Crippen LogP contribution >= 0.6 is 0 Å². The van der Waals surface area contributed by atoms with Crippen molar-refractivity contribution in [3.8, 4) is 0 Å². The molecule has 1 aromatic heterocycles. The van der Waals surface area contributed by atoms with E-state index in [-0.39, 0.29) is 11.9 Å². The van der Waals surface area contributed by atoms with Gasteiger partial charge in [0.05, 0.1) is 12.3 Å². The Morgan fingerprint density at radius 2 is 2.27 bits per heavy atom. The van der Waals surface area contributed by atoms with Gasteiger partial charge in [0.25, 0.3) is 0 Å². The second kappa shape index (κ2) is 4.68. The average Bonchev–Trinajstić information content (AvgIpc) is 2.15. The molecular formula is C11H15FN2O. The fourth-order valence-electron chi connectivity index (χ4n) is 1.84. The fourth-order valence-corrected chi connectivity index (χ4v) is 1.84. The van der Waals surface area contributed by atoms with Crippen LogP contribution in [-0.4, -0.2) is 22.7 Å². The molecule has 0 bridgehead atoms. The Labute approximate surface area is 88.3 Å². The average molecular weight is 210 g/mol. The largest absolute Gasteiger partial charge is 0.393 e. The molecular weight excluding hydrogens is 195 g/mol. The van der Waals surface area contributed by atoms with Gasteiger partial charge in [-0.05, 0) is 36.9 Å². The summed E-state index contributed by atoms with van der Waals surface area (Å²) in [6.07, 6.45) is 4.52. The Morgan fingerprint density at radius 3 is 2.93 bits per heavy atom. The number of hydrogen-bond acceptors (Lipinski definition) is 3. The number of aromatic nitrogens is 1. The van der Waals surface area contributed by atoms with E-state index < -0.39 is 0 Å². The highest BCUT2D eigenvalue weighted by Gasteiger charge is 2.26. The van der Waals surface area contributed by atoms with Crippen LogP contribution in [0.15, 0.2) is 18.5 Å². The molecule has 0 aliphatic heterocycles. The SMILES string of the molecule is OC1CC(CNCc2cncc(F)c2)C1. The van der Waals surface area contributed by atoms with E-state index in [0.717, 1.165) is 24.9 Å². The Bertz CT molecular complexity index is 326. The van der Waals surface area contributed by atoms with Crippen LogP contribution in [0.2, 0.25) is 0 Å². The number of aliphatic hydroxyl groups is 1. The number of nitrogens with one attached hydrogen (secondary N) is 1. The van der Waals surface area contributed by atoms with Gasteiger partial charge in [0.1, 0.15) is 5.82 Å². The molecule has 3 nitrogen and oxygen atoms in total. The Balaban J connectivity index is 1.69. The van der Waals surface area contributed by atoms with Crippen LogP contribution in [0, 0.1) is 11.7 Å². The number of aliphatic hydroxyl groups excluding tert-OH is 1. The predicted octanol–water partition coefficient (Wildman–Crippen LogP) is 1.08. The zero-order chi connectivity index (χ0) is 10.7. The molecule has 1 aliphatic rings. The van der Waals surface area contributed by atoms with E-state index in [4.69, 9.17) is 5.11 Å². The first kappa shape index (κ1) is 10.5. The maximum Gasteiger partial charge on any atom is 0.141 e. The second-order valence-electron chi connectivity index (χ2n) is 4.13. The summed E-state index contributed by atoms with van der Waals surface area (Å²) in [5, 5.41) is 12.3. The Morgan fingerprint density at radius 1 is 1.47 bits per heavy atom. The van der Waals surface area contributed by atoms with Crippen molar-refractivity contribution in [1.82, 2.24) is 10.3 Å². The van der Waals surface area contributed by atoms with Gasteiger partial charge in [-0.3, -0.25) is 4.98 Å². The molecule has 1 aliphatic carbocycles. The lowest BCUT2D eigenvalue weighted by atomic mass is 9.82. The van der Waals surface area contributed by atoms with Gasteiger partial charge in [-0.15, -0.1) is 0 Å². The third-order valence-corrected chi connectivity index (χ3v) is 2.73. The molecule has 15 heavy (non-hydrogen) atoms. The third kappa shape index (κ3) is 2.97. The van der Waals surface area contributed by atoms with Gasteiger partial charge in [-0.25, -0.2) is 4.39 Å². The number of hydrogen-bond donors (Lipinski definition) is 2. The molecule has 0 amide bonds. The van der Waals surface area contributed by atoms with Gasteiger partial charge in [0.2, 0.25) is 0 Å². The highest BCUT2D eigenvalue weighted by atomic mass is 19.1. The van der Waals surface area contributed by atoms with Gasteiger partial charge >= 0.3 is 0 Å². The van der Waals surface area contributed by atoms with Crippen LogP contribution < -0.4 is 5.32 Å². The monoisotopic (exact) mass is 210 g/mol. The van der Waals surface area contributed by atoms with Crippen molar-refractivity contribution in [2.24, 2.45) is 5.92 Å². The normalized spacial score (nSPS) is 24.9. The quantitative estimate of drug-likeness (QED) is 0.781. The number of rotatable bonds is 4. The van der Waals surface area contributed by atoms with E-state index in [1.54, 1.807) is 6.20 Å². The minimum atomic E-state index is -0.298. The second-order valence-corrected chi connectivity index (χ2v) is 4.13. The zero-order valence-electron chi connectivity index (χ0n) is 8.49. The van der Waals surface area contributed by atoms with Crippen molar-refractivity contribution in [3.05, 3.63) is 29.8 Å². The number of pyridine rings is 1. The number of halogens is 1. The van der Waals surface area contributed by atoms with Crippen molar-refractivity contribution in [1.29, 1.82) is 0 Å². The highest BCUT2D eigenvalue weighted by molar-refractivity contribution is 5.09. The first-order valence-electron chi connectivity index (χ1n) is 5.22. The van der Waals surface area contributed by atoms with Crippen molar-refractivity contribution in [2.45, 2.75) is 25.5 Å². The molecule has 1 aromatic rings. The van der Waals surface area contributed by atoms with Crippen molar-refractivity contribution in [2.75, 3.05) is 6.54 Å². The maximum atomic E-state index is 12.8. The molecule has 0 unspecified atom stereocenters. The topological polar surface area (TPSA) is 45.1 Å². The zero-order valence-corrected chi connectivity index (χ0v) is 8.49. The van der Waals surface area contributed by atoms with E-state index >= 15 is 0 Å². The molecule has 4 heteroatoms. The predicted molar refractivity (Wildman–Crippen MR) is 54.6 cm³/mol. The summed E-state index contributed by atoms with van der Waals surface area (Å²) in [5.74, 6) is 0.273. The van der Waals surface area contributed by atoms with Crippen LogP contribution in [0.3, 0.4) is 0 Å². The van der Waals surface area contributed by atoms with Gasteiger partial charge in [0, 0.05) is 12.7 Å². The summed E-state index contributed by atoms with van der Waals surface area (Å²) in [7, 11) is 0. The first-order chi connectivity index (χ1) is 7.24. The molecule has 1 heterocycles. The molecule has 1 saturated carbocycles. The molecule has 0 saturated heterocycles. The van der Waals surface area contributed by atoms with E-state index in [9.17, 15) is 4.39 Å². The molecule has 0 radical (unpaired) electrons. The van der Waals surface area contributed by atoms with Gasteiger partial charge in [0.15, 0.2) is 0 Å². The summed E-state index contributed by atoms with van der Waals surface area (Å²) in [6.45, 7) is 1.52. The lowest BCUT2D eigenvalue weighted by Crippen LogP contribution is -2.35. The summed E-state index contributed by atoms with van der Waals surface area (Å²) >= 11 is 0. The molecule has 0 spiro atoms. The third-order valence-electron chi connectivity index (χ3n) is 2.73. The van der Waals surface area contributed by atoms with Crippen molar-refractivity contribution >= 4 is 0 Å². The van der Waals surface area contributed by atoms with E-state index in [0.29, 0.717) is 12.5 Å². The van der Waals surface area contributed by atoms with Gasteiger partial charge in [-0.2, -0.15) is 0 Å². The van der Waals surface area contributed by atoms with Crippen LogP contribution in [-0.2, 0) is 6.54 Å². The minimum Gasteiger partial charge on any atom is -0.393 e. The van der Waals surface area contributed by atoms with Crippen LogP contribution in [0.5, 0.6) is 0 Å². The van der Waals surface area contributed by atoms with E-state index in [1.165, 1.54) is 12.3 Å². The lowest BCUT2D eigenvalue weighted by molar-refractivity contribution is 0.0430. The van der Waals surface area contributed by atoms with Crippen LogP contribution in [0.25, 0.3) is 0 Å². The maximum absolute atomic E-state index is 12.8. The highest BCUT2D eigenvalue weighted by Crippen LogP contribution is 2.26. The lowest BCUT2D eigenvalue weighted by Gasteiger charge is -2.31.